The Morgan fingerprint density at radius 1 is 1.00 bits per heavy atom. The number of Topliss-reactive ketones (excluding diaryl/α,β-unsaturated/α-hetero) is 1. The molecule has 9 nitrogen and oxygen atoms in total. The number of benzene rings is 2. The number of hydrogen-bond donors (Lipinski definition) is 0. The summed E-state index contributed by atoms with van der Waals surface area (Å²) in [6.45, 7) is 6.03. The number of nitrogens with zero attached hydrogens (tertiary/aromatic N) is 2. The summed E-state index contributed by atoms with van der Waals surface area (Å²) in [5.41, 5.74) is 2.65. The molecule has 0 saturated heterocycles. The molecule has 0 aliphatic heterocycles. The normalized spacial score (nSPS) is 12.1. The number of esters is 1. The van der Waals surface area contributed by atoms with Crippen LogP contribution in [0.15, 0.2) is 76.4 Å². The Morgan fingerprint density at radius 3 is 2.36 bits per heavy atom. The fourth-order valence-electron chi connectivity index (χ4n) is 4.59. The van der Waals surface area contributed by atoms with E-state index in [0.717, 1.165) is 0 Å². The smallest absolute Gasteiger partial charge is 0.337 e. The van der Waals surface area contributed by atoms with Gasteiger partial charge in [0.25, 0.3) is 5.56 Å². The number of methoxy groups -OCH3 is 2. The molecule has 2 aromatic carbocycles. The van der Waals surface area contributed by atoms with E-state index in [4.69, 9.17) is 30.3 Å². The maximum Gasteiger partial charge on any atom is 0.337 e. The van der Waals surface area contributed by atoms with Gasteiger partial charge in [-0.2, -0.15) is 0 Å². The van der Waals surface area contributed by atoms with Crippen LogP contribution in [0.2, 0.25) is 5.02 Å². The topological polar surface area (TPSA) is 110 Å². The van der Waals surface area contributed by atoms with Crippen LogP contribution in [0, 0.1) is 0 Å². The molecule has 0 amide bonds. The van der Waals surface area contributed by atoms with Crippen molar-refractivity contribution in [2.45, 2.75) is 45.3 Å². The lowest BCUT2D eigenvalue weighted by molar-refractivity contribution is -0.122. The Balaban J connectivity index is 1.73. The zero-order valence-corrected chi connectivity index (χ0v) is 24.9. The lowest BCUT2D eigenvalue weighted by Crippen LogP contribution is -2.32. The van der Waals surface area contributed by atoms with Gasteiger partial charge in [0.2, 0.25) is 0 Å². The Bertz CT molecular complexity index is 1600. The Kier molecular flexibility index (Phi) is 9.65. The predicted octanol–water partition coefficient (Wildman–Crippen LogP) is 6.18. The van der Waals surface area contributed by atoms with E-state index in [-0.39, 0.29) is 25.2 Å². The van der Waals surface area contributed by atoms with E-state index in [2.05, 4.69) is 5.16 Å². The highest BCUT2D eigenvalue weighted by molar-refractivity contribution is 6.31. The van der Waals surface area contributed by atoms with Crippen LogP contribution < -0.4 is 10.3 Å². The number of halogens is 1. The van der Waals surface area contributed by atoms with E-state index in [1.54, 1.807) is 54.7 Å². The van der Waals surface area contributed by atoms with Crippen LogP contribution in [0.4, 0.5) is 0 Å². The minimum Gasteiger partial charge on any atom is -0.495 e. The van der Waals surface area contributed by atoms with Gasteiger partial charge in [-0.05, 0) is 62.6 Å². The first-order valence-electron chi connectivity index (χ1n) is 13.4. The fraction of sp³-hybridized carbons (Fsp3) is 0.312. The number of hydrogen-bond acceptors (Lipinski definition) is 8. The Labute approximate surface area is 249 Å². The SMILES string of the molecule is COC(=O)c1ccc(CC(=O)C(CCOC(C)(C)C)n2cc(OC)c(-c3cc(Cl)ccc3-c3ccon3)cc2=O)cc1. The van der Waals surface area contributed by atoms with Gasteiger partial charge in [0.05, 0.1) is 37.6 Å². The van der Waals surface area contributed by atoms with E-state index in [9.17, 15) is 14.4 Å². The van der Waals surface area contributed by atoms with Crippen molar-refractivity contribution in [3.05, 3.63) is 93.6 Å². The van der Waals surface area contributed by atoms with E-state index in [1.165, 1.54) is 31.1 Å². The summed E-state index contributed by atoms with van der Waals surface area (Å²) >= 11 is 6.34. The average molecular weight is 593 g/mol. The highest BCUT2D eigenvalue weighted by atomic mass is 35.5. The predicted molar refractivity (Wildman–Crippen MR) is 159 cm³/mol. The highest BCUT2D eigenvalue weighted by Gasteiger charge is 2.25. The molecule has 1 atom stereocenters. The number of aromatic nitrogens is 2. The van der Waals surface area contributed by atoms with Gasteiger partial charge >= 0.3 is 5.97 Å². The maximum absolute atomic E-state index is 13.7. The summed E-state index contributed by atoms with van der Waals surface area (Å²) < 4.78 is 22.8. The molecule has 4 rings (SSSR count). The molecule has 1 unspecified atom stereocenters. The third-order valence-electron chi connectivity index (χ3n) is 6.64. The molecular weight excluding hydrogens is 560 g/mol. The summed E-state index contributed by atoms with van der Waals surface area (Å²) in [6.07, 6.45) is 3.32. The molecule has 0 bridgehead atoms. The average Bonchev–Trinajstić information content (AvgIpc) is 3.50. The third kappa shape index (κ3) is 7.35. The maximum atomic E-state index is 13.7. The monoisotopic (exact) mass is 592 g/mol. The quantitative estimate of drug-likeness (QED) is 0.190. The number of pyridine rings is 1. The first-order chi connectivity index (χ1) is 20.0. The standard InChI is InChI=1S/C32H33ClN2O7/c1-32(2,3)41-14-13-27(28(36)16-20-6-8-21(9-7-20)31(38)40-5)35-19-29(39-4)25(18-30(35)37)24-17-22(33)10-11-23(24)26-12-15-42-34-26/h6-12,15,17-19,27H,13-14,16H2,1-5H3. The van der Waals surface area contributed by atoms with Crippen LogP contribution in [-0.2, 0) is 20.7 Å². The molecule has 0 spiro atoms. The van der Waals surface area contributed by atoms with Gasteiger partial charge in [-0.1, -0.05) is 35.0 Å². The van der Waals surface area contributed by atoms with Crippen molar-refractivity contribution >= 4 is 23.4 Å². The number of ketones is 1. The van der Waals surface area contributed by atoms with Gasteiger partial charge in [-0.25, -0.2) is 4.79 Å². The molecule has 4 aromatic rings. The van der Waals surface area contributed by atoms with Gasteiger partial charge < -0.3 is 23.3 Å². The molecule has 0 aliphatic carbocycles. The Morgan fingerprint density at radius 2 is 1.74 bits per heavy atom. The molecule has 2 heterocycles. The number of rotatable bonds is 11. The van der Waals surface area contributed by atoms with Crippen LogP contribution in [0.1, 0.15) is 49.2 Å². The second kappa shape index (κ2) is 13.2. The zero-order valence-electron chi connectivity index (χ0n) is 24.2. The number of carbonyl (C=O) groups is 2. The minimum absolute atomic E-state index is 0.0444. The molecule has 10 heteroatoms. The first-order valence-corrected chi connectivity index (χ1v) is 13.7. The van der Waals surface area contributed by atoms with Crippen molar-refractivity contribution in [2.24, 2.45) is 0 Å². The van der Waals surface area contributed by atoms with Gasteiger partial charge in [0, 0.05) is 41.3 Å². The summed E-state index contributed by atoms with van der Waals surface area (Å²) in [5, 5.41) is 4.50. The van der Waals surface area contributed by atoms with Gasteiger partial charge in [0.15, 0.2) is 5.78 Å². The van der Waals surface area contributed by atoms with E-state index < -0.39 is 23.2 Å². The summed E-state index contributed by atoms with van der Waals surface area (Å²) in [6, 6.07) is 14.2. The molecule has 0 N–H and O–H groups in total. The number of carbonyl (C=O) groups excluding carboxylic acids is 2. The molecule has 0 aliphatic rings. The zero-order chi connectivity index (χ0) is 30.4. The molecule has 2 aromatic heterocycles. The summed E-state index contributed by atoms with van der Waals surface area (Å²) in [5.74, 6) is -0.282. The second-order valence-electron chi connectivity index (χ2n) is 10.7. The minimum atomic E-state index is -0.836. The van der Waals surface area contributed by atoms with Crippen molar-refractivity contribution in [1.29, 1.82) is 0 Å². The van der Waals surface area contributed by atoms with Crippen molar-refractivity contribution in [3.8, 4) is 28.1 Å². The van der Waals surface area contributed by atoms with Crippen LogP contribution in [0.3, 0.4) is 0 Å². The largest absolute Gasteiger partial charge is 0.495 e. The highest BCUT2D eigenvalue weighted by Crippen LogP contribution is 2.38. The van der Waals surface area contributed by atoms with E-state index >= 15 is 0 Å². The molecule has 42 heavy (non-hydrogen) atoms. The first kappa shape index (κ1) is 30.7. The van der Waals surface area contributed by atoms with Crippen LogP contribution >= 0.6 is 11.6 Å². The lowest BCUT2D eigenvalue weighted by atomic mass is 9.97. The molecule has 0 fully saturated rings. The third-order valence-corrected chi connectivity index (χ3v) is 6.87. The molecule has 0 radical (unpaired) electrons. The Hall–Kier alpha value is -4.21. The molecule has 220 valence electrons. The lowest BCUT2D eigenvalue weighted by Gasteiger charge is -2.24. The van der Waals surface area contributed by atoms with E-state index in [1.807, 2.05) is 20.8 Å². The fourth-order valence-corrected chi connectivity index (χ4v) is 4.76. The second-order valence-corrected chi connectivity index (χ2v) is 11.1. The van der Waals surface area contributed by atoms with Crippen molar-refractivity contribution in [2.75, 3.05) is 20.8 Å². The van der Waals surface area contributed by atoms with E-state index in [0.29, 0.717) is 44.3 Å². The van der Waals surface area contributed by atoms with Gasteiger partial charge in [0.1, 0.15) is 17.7 Å². The number of ether oxygens (including phenoxy) is 3. The van der Waals surface area contributed by atoms with Gasteiger partial charge in [-0.3, -0.25) is 9.59 Å². The summed E-state index contributed by atoms with van der Waals surface area (Å²) in [4.78, 5) is 39.2. The van der Waals surface area contributed by atoms with Crippen molar-refractivity contribution in [3.63, 3.8) is 0 Å². The van der Waals surface area contributed by atoms with Crippen LogP contribution in [0.25, 0.3) is 22.4 Å². The van der Waals surface area contributed by atoms with Crippen molar-refractivity contribution < 1.29 is 28.3 Å². The van der Waals surface area contributed by atoms with Crippen LogP contribution in [0.5, 0.6) is 5.75 Å². The molecule has 0 saturated carbocycles. The van der Waals surface area contributed by atoms with Crippen LogP contribution in [-0.4, -0.2) is 47.9 Å². The van der Waals surface area contributed by atoms with Gasteiger partial charge in [-0.15, -0.1) is 0 Å². The molecular formula is C32H33ClN2O7. The summed E-state index contributed by atoms with van der Waals surface area (Å²) in [7, 11) is 2.80. The van der Waals surface area contributed by atoms with Crippen molar-refractivity contribution in [1.82, 2.24) is 9.72 Å².